The van der Waals surface area contributed by atoms with Crippen LogP contribution in [0.3, 0.4) is 0 Å². The Labute approximate surface area is 135 Å². The number of carbonyl (C=O) groups excluding carboxylic acids is 1. The van der Waals surface area contributed by atoms with Crippen molar-refractivity contribution in [2.24, 2.45) is 0 Å². The zero-order valence-electron chi connectivity index (χ0n) is 12.3. The molecule has 3 aromatic rings. The second-order valence-electron chi connectivity index (χ2n) is 4.76. The van der Waals surface area contributed by atoms with E-state index in [0.717, 1.165) is 15.8 Å². The molecule has 0 spiro atoms. The minimum Gasteiger partial charge on any atom is -0.481 e. The lowest BCUT2D eigenvalue weighted by Crippen LogP contribution is -2.30. The molecule has 0 aliphatic carbocycles. The Hall–Kier alpha value is -2.55. The number of rotatable bonds is 6. The van der Waals surface area contributed by atoms with Crippen molar-refractivity contribution in [2.45, 2.75) is 13.3 Å². The van der Waals surface area contributed by atoms with Crippen molar-refractivity contribution < 1.29 is 13.9 Å². The maximum absolute atomic E-state index is 13.3. The van der Waals surface area contributed by atoms with Crippen molar-refractivity contribution >= 4 is 22.2 Å². The van der Waals surface area contributed by atoms with Gasteiger partial charge in [0.1, 0.15) is 5.01 Å². The van der Waals surface area contributed by atoms with Crippen LogP contribution in [0.25, 0.3) is 4.96 Å². The molecule has 0 saturated carbocycles. The maximum atomic E-state index is 13.3. The number of para-hydroxylation sites is 1. The second kappa shape index (κ2) is 6.69. The van der Waals surface area contributed by atoms with Crippen LogP contribution in [0.15, 0.2) is 24.3 Å². The van der Waals surface area contributed by atoms with Crippen LogP contribution in [0.2, 0.25) is 0 Å². The molecule has 1 amide bonds. The van der Waals surface area contributed by atoms with Gasteiger partial charge < -0.3 is 10.1 Å². The molecule has 1 N–H and O–H groups in total. The first kappa shape index (κ1) is 15.3. The predicted molar refractivity (Wildman–Crippen MR) is 82.0 cm³/mol. The van der Waals surface area contributed by atoms with Crippen LogP contribution in [0, 0.1) is 12.7 Å². The number of carbonyl (C=O) groups is 1. The average Bonchev–Trinajstić information content (AvgIpc) is 3.09. The molecule has 0 saturated heterocycles. The van der Waals surface area contributed by atoms with Crippen LogP contribution in [0.1, 0.15) is 10.8 Å². The smallest absolute Gasteiger partial charge is 0.257 e. The lowest BCUT2D eigenvalue weighted by Gasteiger charge is -2.07. The predicted octanol–water partition coefficient (Wildman–Crippen LogP) is 1.37. The summed E-state index contributed by atoms with van der Waals surface area (Å²) in [7, 11) is 0. The molecular weight excluding hydrogens is 321 g/mol. The normalized spacial score (nSPS) is 10.9. The molecule has 0 aliphatic rings. The monoisotopic (exact) mass is 335 g/mol. The van der Waals surface area contributed by atoms with Gasteiger partial charge in [-0.3, -0.25) is 4.79 Å². The molecule has 0 radical (unpaired) electrons. The van der Waals surface area contributed by atoms with Crippen molar-refractivity contribution in [2.75, 3.05) is 13.2 Å². The number of aromatic nitrogens is 4. The third-order valence-electron chi connectivity index (χ3n) is 3.05. The topological polar surface area (TPSA) is 81.4 Å². The summed E-state index contributed by atoms with van der Waals surface area (Å²) in [4.78, 5) is 12.4. The van der Waals surface area contributed by atoms with Crippen molar-refractivity contribution in [3.8, 4) is 5.75 Å². The number of aryl methyl sites for hydroxylation is 1. The van der Waals surface area contributed by atoms with Crippen LogP contribution in [0.5, 0.6) is 5.75 Å². The van der Waals surface area contributed by atoms with Gasteiger partial charge in [0, 0.05) is 13.0 Å². The first-order valence-electron chi connectivity index (χ1n) is 6.95. The van der Waals surface area contributed by atoms with Crippen LogP contribution in [0.4, 0.5) is 4.39 Å². The minimum atomic E-state index is -0.490. The average molecular weight is 335 g/mol. The van der Waals surface area contributed by atoms with E-state index < -0.39 is 5.82 Å². The van der Waals surface area contributed by atoms with Gasteiger partial charge in [0.15, 0.2) is 24.0 Å². The fourth-order valence-corrected chi connectivity index (χ4v) is 2.80. The molecule has 23 heavy (non-hydrogen) atoms. The zero-order chi connectivity index (χ0) is 16.2. The lowest BCUT2D eigenvalue weighted by molar-refractivity contribution is -0.123. The van der Waals surface area contributed by atoms with E-state index in [1.807, 2.05) is 6.92 Å². The van der Waals surface area contributed by atoms with Crippen LogP contribution < -0.4 is 10.1 Å². The molecule has 0 aliphatic heterocycles. The summed E-state index contributed by atoms with van der Waals surface area (Å²) in [6.45, 7) is 2.01. The van der Waals surface area contributed by atoms with E-state index in [1.165, 1.54) is 23.5 Å². The Balaban J connectivity index is 1.45. The highest BCUT2D eigenvalue weighted by atomic mass is 32.1. The molecule has 3 rings (SSSR count). The number of hydrogen-bond donors (Lipinski definition) is 1. The number of hydrogen-bond acceptors (Lipinski definition) is 6. The second-order valence-corrected chi connectivity index (χ2v) is 5.80. The Bertz CT molecular complexity index is 832. The summed E-state index contributed by atoms with van der Waals surface area (Å²) in [6, 6.07) is 5.96. The lowest BCUT2D eigenvalue weighted by atomic mass is 10.3. The summed E-state index contributed by atoms with van der Waals surface area (Å²) in [5.74, 6) is -0.0144. The standard InChI is InChI=1S/C14H14FN5O2S/c1-9-17-18-14-20(9)19-13(23-14)6-7-16-12(21)8-22-11-5-3-2-4-10(11)15/h2-5H,6-8H2,1H3,(H,16,21). The number of amides is 1. The summed E-state index contributed by atoms with van der Waals surface area (Å²) in [5, 5.41) is 15.8. The van der Waals surface area contributed by atoms with Gasteiger partial charge >= 0.3 is 0 Å². The van der Waals surface area contributed by atoms with E-state index in [1.54, 1.807) is 16.6 Å². The van der Waals surface area contributed by atoms with E-state index in [0.29, 0.717) is 13.0 Å². The van der Waals surface area contributed by atoms with E-state index in [2.05, 4.69) is 20.6 Å². The fourth-order valence-electron chi connectivity index (χ4n) is 1.92. The number of nitrogens with zero attached hydrogens (tertiary/aromatic N) is 4. The summed E-state index contributed by atoms with van der Waals surface area (Å²) in [6.07, 6.45) is 0.582. The van der Waals surface area contributed by atoms with Crippen molar-refractivity contribution in [3.05, 3.63) is 40.9 Å². The van der Waals surface area contributed by atoms with Crippen molar-refractivity contribution in [1.29, 1.82) is 0 Å². The maximum Gasteiger partial charge on any atom is 0.257 e. The number of fused-ring (bicyclic) bond motifs is 1. The number of halogens is 1. The van der Waals surface area contributed by atoms with Gasteiger partial charge in [0.05, 0.1) is 0 Å². The largest absolute Gasteiger partial charge is 0.481 e. The van der Waals surface area contributed by atoms with Gasteiger partial charge in [-0.15, -0.1) is 10.2 Å². The number of nitrogens with one attached hydrogen (secondary N) is 1. The third kappa shape index (κ3) is 3.62. The van der Waals surface area contributed by atoms with E-state index in [-0.39, 0.29) is 18.3 Å². The molecule has 2 aromatic heterocycles. The molecule has 9 heteroatoms. The van der Waals surface area contributed by atoms with Gasteiger partial charge in [-0.05, 0) is 19.1 Å². The van der Waals surface area contributed by atoms with Crippen LogP contribution in [-0.2, 0) is 11.2 Å². The molecule has 0 bridgehead atoms. The number of ether oxygens (including phenoxy) is 1. The third-order valence-corrected chi connectivity index (χ3v) is 4.00. The Kier molecular flexibility index (Phi) is 4.47. The van der Waals surface area contributed by atoms with Crippen LogP contribution in [-0.4, -0.2) is 38.9 Å². The van der Waals surface area contributed by atoms with Gasteiger partial charge in [-0.2, -0.15) is 9.61 Å². The molecule has 120 valence electrons. The molecule has 0 fully saturated rings. The fraction of sp³-hybridized carbons (Fsp3) is 0.286. The van der Waals surface area contributed by atoms with Gasteiger partial charge in [-0.1, -0.05) is 23.5 Å². The van der Waals surface area contributed by atoms with E-state index in [9.17, 15) is 9.18 Å². The Morgan fingerprint density at radius 2 is 2.22 bits per heavy atom. The first-order valence-corrected chi connectivity index (χ1v) is 7.77. The van der Waals surface area contributed by atoms with Gasteiger partial charge in [-0.25, -0.2) is 4.39 Å². The molecule has 2 heterocycles. The molecule has 0 atom stereocenters. The van der Waals surface area contributed by atoms with Crippen molar-refractivity contribution in [3.63, 3.8) is 0 Å². The van der Waals surface area contributed by atoms with Crippen LogP contribution >= 0.6 is 11.3 Å². The molecule has 7 nitrogen and oxygen atoms in total. The zero-order valence-corrected chi connectivity index (χ0v) is 13.1. The molecule has 1 aromatic carbocycles. The van der Waals surface area contributed by atoms with Gasteiger partial charge in [0.2, 0.25) is 4.96 Å². The Morgan fingerprint density at radius 3 is 3.00 bits per heavy atom. The molecular formula is C14H14FN5O2S. The highest BCUT2D eigenvalue weighted by Gasteiger charge is 2.09. The quantitative estimate of drug-likeness (QED) is 0.736. The highest BCUT2D eigenvalue weighted by molar-refractivity contribution is 7.16. The van der Waals surface area contributed by atoms with Gasteiger partial charge in [0.25, 0.3) is 5.91 Å². The summed E-state index contributed by atoms with van der Waals surface area (Å²) in [5.41, 5.74) is 0. The highest BCUT2D eigenvalue weighted by Crippen LogP contribution is 2.15. The Morgan fingerprint density at radius 1 is 1.39 bits per heavy atom. The van der Waals surface area contributed by atoms with Crippen molar-refractivity contribution in [1.82, 2.24) is 25.1 Å². The van der Waals surface area contributed by atoms with E-state index >= 15 is 0 Å². The number of benzene rings is 1. The first-order chi connectivity index (χ1) is 11.1. The van der Waals surface area contributed by atoms with E-state index in [4.69, 9.17) is 4.74 Å². The summed E-state index contributed by atoms with van der Waals surface area (Å²) < 4.78 is 20.1. The molecule has 0 unspecified atom stereocenters. The SMILES string of the molecule is Cc1nnc2sc(CCNC(=O)COc3ccccc3F)nn12. The summed E-state index contributed by atoms with van der Waals surface area (Å²) >= 11 is 1.43. The minimum absolute atomic E-state index is 0.0618.